The highest BCUT2D eigenvalue weighted by Crippen LogP contribution is 2.25. The second-order valence-corrected chi connectivity index (χ2v) is 3.50. The van der Waals surface area contributed by atoms with Gasteiger partial charge in [-0.25, -0.2) is 0 Å². The quantitative estimate of drug-likeness (QED) is 0.843. The maximum atomic E-state index is 10.4. The highest BCUT2D eigenvalue weighted by Gasteiger charge is 2.04. The van der Waals surface area contributed by atoms with Gasteiger partial charge in [0.2, 0.25) is 0 Å². The van der Waals surface area contributed by atoms with Gasteiger partial charge in [-0.15, -0.1) is 0 Å². The fraction of sp³-hybridized carbons (Fsp3) is 0.364. The van der Waals surface area contributed by atoms with Crippen LogP contribution in [0.2, 0.25) is 5.02 Å². The van der Waals surface area contributed by atoms with E-state index in [-0.39, 0.29) is 6.42 Å². The second-order valence-electron chi connectivity index (χ2n) is 3.09. The Balaban J connectivity index is 2.68. The van der Waals surface area contributed by atoms with Crippen molar-refractivity contribution in [2.45, 2.75) is 19.8 Å². The zero-order valence-electron chi connectivity index (χ0n) is 8.50. The third kappa shape index (κ3) is 3.80. The molecule has 0 aliphatic heterocycles. The summed E-state index contributed by atoms with van der Waals surface area (Å²) in [7, 11) is 0. The van der Waals surface area contributed by atoms with Crippen LogP contribution in [0.25, 0.3) is 0 Å². The predicted molar refractivity (Wildman–Crippen MR) is 58.6 cm³/mol. The number of aryl methyl sites for hydroxylation is 1. The predicted octanol–water partition coefficient (Wildman–Crippen LogP) is 2.76. The summed E-state index contributed by atoms with van der Waals surface area (Å²) < 4.78 is 5.27. The minimum Gasteiger partial charge on any atom is -0.492 e. The van der Waals surface area contributed by atoms with E-state index in [2.05, 4.69) is 0 Å². The van der Waals surface area contributed by atoms with Crippen molar-refractivity contribution in [1.29, 1.82) is 0 Å². The molecule has 3 nitrogen and oxygen atoms in total. The largest absolute Gasteiger partial charge is 0.492 e. The molecule has 0 atom stereocenters. The summed E-state index contributed by atoms with van der Waals surface area (Å²) in [6.07, 6.45) is 0.603. The molecular weight excluding hydrogens is 216 g/mol. The van der Waals surface area contributed by atoms with Gasteiger partial charge in [0, 0.05) is 6.42 Å². The Kier molecular flexibility index (Phi) is 4.43. The molecular formula is C11H13ClO3. The molecule has 15 heavy (non-hydrogen) atoms. The van der Waals surface area contributed by atoms with Crippen LogP contribution in [0, 0.1) is 0 Å². The number of ether oxygens (including phenoxy) is 1. The van der Waals surface area contributed by atoms with Crippen LogP contribution in [0.15, 0.2) is 18.2 Å². The number of benzene rings is 1. The topological polar surface area (TPSA) is 46.5 Å². The Bertz CT molecular complexity index is 350. The van der Waals surface area contributed by atoms with Crippen LogP contribution >= 0.6 is 11.6 Å². The lowest BCUT2D eigenvalue weighted by molar-refractivity contribution is -0.136. The molecule has 0 spiro atoms. The Labute approximate surface area is 93.6 Å². The average molecular weight is 229 g/mol. The fourth-order valence-electron chi connectivity index (χ4n) is 1.22. The first-order valence-corrected chi connectivity index (χ1v) is 5.14. The van der Waals surface area contributed by atoms with Crippen molar-refractivity contribution < 1.29 is 14.6 Å². The molecule has 4 heteroatoms. The molecule has 1 rings (SSSR count). The number of hydrogen-bond donors (Lipinski definition) is 1. The fourth-order valence-corrected chi connectivity index (χ4v) is 1.48. The third-order valence-corrected chi connectivity index (χ3v) is 2.22. The maximum Gasteiger partial charge on any atom is 0.303 e. The van der Waals surface area contributed by atoms with E-state index in [0.29, 0.717) is 23.8 Å². The number of rotatable bonds is 5. The lowest BCUT2D eigenvalue weighted by atomic mass is 10.1. The summed E-state index contributed by atoms with van der Waals surface area (Å²) in [5, 5.41) is 9.05. The molecule has 0 amide bonds. The molecule has 0 radical (unpaired) electrons. The van der Waals surface area contributed by atoms with Crippen molar-refractivity contribution in [2.75, 3.05) is 6.61 Å². The molecule has 0 fully saturated rings. The molecule has 0 bridgehead atoms. The summed E-state index contributed by atoms with van der Waals surface area (Å²) >= 11 is 5.95. The molecule has 0 aliphatic rings. The van der Waals surface area contributed by atoms with Gasteiger partial charge in [0.15, 0.2) is 0 Å². The van der Waals surface area contributed by atoms with Gasteiger partial charge in [-0.3, -0.25) is 4.79 Å². The van der Waals surface area contributed by atoms with Gasteiger partial charge in [-0.05, 0) is 31.0 Å². The molecule has 1 N–H and O–H groups in total. The Morgan fingerprint density at radius 3 is 2.80 bits per heavy atom. The van der Waals surface area contributed by atoms with Crippen LogP contribution in [0.5, 0.6) is 5.75 Å². The van der Waals surface area contributed by atoms with E-state index in [1.165, 1.54) is 0 Å². The first-order valence-electron chi connectivity index (χ1n) is 4.76. The first-order chi connectivity index (χ1) is 7.13. The molecule has 1 aromatic rings. The highest BCUT2D eigenvalue weighted by atomic mass is 35.5. The summed E-state index contributed by atoms with van der Waals surface area (Å²) in [5.74, 6) is -0.168. The minimum atomic E-state index is -0.806. The van der Waals surface area contributed by atoms with E-state index in [1.807, 2.05) is 13.0 Å². The van der Waals surface area contributed by atoms with Crippen LogP contribution in [0.1, 0.15) is 18.9 Å². The average Bonchev–Trinajstić information content (AvgIpc) is 2.19. The lowest BCUT2D eigenvalue weighted by Gasteiger charge is -2.06. The maximum absolute atomic E-state index is 10.4. The van der Waals surface area contributed by atoms with Crippen LogP contribution in [-0.4, -0.2) is 17.7 Å². The molecule has 0 saturated heterocycles. The zero-order chi connectivity index (χ0) is 11.3. The van der Waals surface area contributed by atoms with Crippen LogP contribution in [-0.2, 0) is 11.2 Å². The monoisotopic (exact) mass is 228 g/mol. The Morgan fingerprint density at radius 1 is 1.53 bits per heavy atom. The van der Waals surface area contributed by atoms with E-state index in [0.717, 1.165) is 5.56 Å². The summed E-state index contributed by atoms with van der Waals surface area (Å²) in [4.78, 5) is 10.4. The van der Waals surface area contributed by atoms with Crippen molar-refractivity contribution in [2.24, 2.45) is 0 Å². The van der Waals surface area contributed by atoms with Gasteiger partial charge in [0.25, 0.3) is 0 Å². The highest BCUT2D eigenvalue weighted by molar-refractivity contribution is 6.32. The van der Waals surface area contributed by atoms with Gasteiger partial charge in [0.1, 0.15) is 5.75 Å². The Morgan fingerprint density at radius 2 is 2.27 bits per heavy atom. The first kappa shape index (κ1) is 11.9. The number of carbonyl (C=O) groups is 1. The molecule has 0 aromatic heterocycles. The number of halogens is 1. The molecule has 1 aromatic carbocycles. The number of hydrogen-bond acceptors (Lipinski definition) is 2. The number of carboxylic acid groups (broad SMARTS) is 1. The molecule has 0 heterocycles. The molecule has 0 aliphatic carbocycles. The minimum absolute atomic E-state index is 0.115. The number of aliphatic carboxylic acids is 1. The van der Waals surface area contributed by atoms with Crippen molar-refractivity contribution in [1.82, 2.24) is 0 Å². The Hall–Kier alpha value is -1.22. The van der Waals surface area contributed by atoms with E-state index in [9.17, 15) is 4.79 Å². The van der Waals surface area contributed by atoms with Gasteiger partial charge in [-0.1, -0.05) is 17.7 Å². The smallest absolute Gasteiger partial charge is 0.303 e. The van der Waals surface area contributed by atoms with Gasteiger partial charge < -0.3 is 9.84 Å². The van der Waals surface area contributed by atoms with E-state index in [1.54, 1.807) is 12.1 Å². The van der Waals surface area contributed by atoms with Crippen molar-refractivity contribution in [3.05, 3.63) is 28.8 Å². The van der Waals surface area contributed by atoms with Crippen LogP contribution in [0.3, 0.4) is 0 Å². The number of carboxylic acids is 1. The molecule has 82 valence electrons. The third-order valence-electron chi connectivity index (χ3n) is 1.92. The van der Waals surface area contributed by atoms with Gasteiger partial charge in [0.05, 0.1) is 11.6 Å². The summed E-state index contributed by atoms with van der Waals surface area (Å²) in [6.45, 7) is 2.45. The van der Waals surface area contributed by atoms with Gasteiger partial charge >= 0.3 is 5.97 Å². The SMILES string of the molecule is CCOc1ccc(CCC(=O)O)cc1Cl. The van der Waals surface area contributed by atoms with Crippen LogP contribution < -0.4 is 4.74 Å². The standard InChI is InChI=1S/C11H13ClO3/c1-2-15-10-5-3-8(7-9(10)12)4-6-11(13)14/h3,5,7H,2,4,6H2,1H3,(H,13,14). The van der Waals surface area contributed by atoms with Crippen molar-refractivity contribution in [3.8, 4) is 5.75 Å². The second kappa shape index (κ2) is 5.61. The summed E-state index contributed by atoms with van der Waals surface area (Å²) in [5.41, 5.74) is 0.908. The lowest BCUT2D eigenvalue weighted by Crippen LogP contribution is -1.98. The molecule has 0 unspecified atom stereocenters. The van der Waals surface area contributed by atoms with E-state index in [4.69, 9.17) is 21.4 Å². The van der Waals surface area contributed by atoms with Gasteiger partial charge in [-0.2, -0.15) is 0 Å². The normalized spacial score (nSPS) is 10.0. The molecule has 0 saturated carbocycles. The summed E-state index contributed by atoms with van der Waals surface area (Å²) in [6, 6.07) is 5.35. The van der Waals surface area contributed by atoms with Crippen molar-refractivity contribution in [3.63, 3.8) is 0 Å². The van der Waals surface area contributed by atoms with Crippen LogP contribution in [0.4, 0.5) is 0 Å². The zero-order valence-corrected chi connectivity index (χ0v) is 9.25. The van der Waals surface area contributed by atoms with E-state index < -0.39 is 5.97 Å². The van der Waals surface area contributed by atoms with E-state index >= 15 is 0 Å². The van der Waals surface area contributed by atoms with Crippen molar-refractivity contribution >= 4 is 17.6 Å².